The van der Waals surface area contributed by atoms with Crippen LogP contribution in [0.2, 0.25) is 5.02 Å². The number of benzene rings is 1. The van der Waals surface area contributed by atoms with Gasteiger partial charge in [-0.25, -0.2) is 0 Å². The Kier molecular flexibility index (Phi) is 4.03. The Morgan fingerprint density at radius 3 is 2.38 bits per heavy atom. The van der Waals surface area contributed by atoms with Crippen LogP contribution in [0, 0.1) is 23.7 Å². The second-order valence-electron chi connectivity index (χ2n) is 7.37. The highest BCUT2D eigenvalue weighted by atomic mass is 35.5. The fraction of sp³-hybridized carbons (Fsp3) is 0.421. The highest BCUT2D eigenvalue weighted by Gasteiger charge is 2.59. The first-order valence-corrected chi connectivity index (χ1v) is 9.05. The Morgan fingerprint density at radius 1 is 1.19 bits per heavy atom. The van der Waals surface area contributed by atoms with Crippen molar-refractivity contribution in [2.45, 2.75) is 6.42 Å². The maximum Gasteiger partial charge on any atom is 0.244 e. The normalized spacial score (nSPS) is 28.7. The zero-order chi connectivity index (χ0) is 18.6. The van der Waals surface area contributed by atoms with Gasteiger partial charge in [0, 0.05) is 19.1 Å². The number of carbonyl (C=O) groups excluding carboxylic acids is 3. The van der Waals surface area contributed by atoms with Gasteiger partial charge < -0.3 is 10.2 Å². The molecule has 1 saturated carbocycles. The van der Waals surface area contributed by atoms with Crippen LogP contribution < -0.4 is 10.2 Å². The van der Waals surface area contributed by atoms with Crippen LogP contribution in [0.5, 0.6) is 0 Å². The van der Waals surface area contributed by atoms with Crippen molar-refractivity contribution < 1.29 is 14.4 Å². The Morgan fingerprint density at radius 2 is 1.81 bits per heavy atom. The first-order valence-electron chi connectivity index (χ1n) is 8.67. The third-order valence-corrected chi connectivity index (χ3v) is 5.81. The van der Waals surface area contributed by atoms with E-state index in [4.69, 9.17) is 11.6 Å². The maximum atomic E-state index is 12.7. The topological polar surface area (TPSA) is 69.7 Å². The number of nitrogens with one attached hydrogen (secondary N) is 1. The number of anilines is 2. The van der Waals surface area contributed by atoms with Gasteiger partial charge in [0.2, 0.25) is 17.7 Å². The lowest BCUT2D eigenvalue weighted by molar-refractivity contribution is -0.143. The summed E-state index contributed by atoms with van der Waals surface area (Å²) in [5, 5.41) is 3.27. The van der Waals surface area contributed by atoms with E-state index in [1.165, 1.54) is 0 Å². The molecule has 2 aliphatic carbocycles. The average Bonchev–Trinajstić information content (AvgIpc) is 3.24. The minimum absolute atomic E-state index is 0.141. The summed E-state index contributed by atoms with van der Waals surface area (Å²) >= 11 is 6.03. The standard InChI is InChI=1S/C19H20ClN3O3/c1-22(2)14-6-5-12(20)8-13(14)21-15(24)9-23-18(25)16-10-3-4-11(7-10)17(16)19(23)26/h3-6,8,10-11,16-17H,7,9H2,1-2H3,(H,21,24). The number of imide groups is 1. The molecule has 1 saturated heterocycles. The van der Waals surface area contributed by atoms with E-state index in [2.05, 4.69) is 5.32 Å². The molecular formula is C19H20ClN3O3. The number of carbonyl (C=O) groups is 3. The van der Waals surface area contributed by atoms with Gasteiger partial charge in [-0.05, 0) is 36.5 Å². The number of nitrogens with zero attached hydrogens (tertiary/aromatic N) is 2. The van der Waals surface area contributed by atoms with E-state index in [-0.39, 0.29) is 42.0 Å². The highest BCUT2D eigenvalue weighted by Crippen LogP contribution is 2.52. The molecule has 4 rings (SSSR count). The molecule has 4 unspecified atom stereocenters. The summed E-state index contributed by atoms with van der Waals surface area (Å²) < 4.78 is 0. The largest absolute Gasteiger partial charge is 0.376 e. The van der Waals surface area contributed by atoms with E-state index in [1.807, 2.05) is 31.1 Å². The third kappa shape index (κ3) is 2.60. The van der Waals surface area contributed by atoms with Gasteiger partial charge in [-0.1, -0.05) is 23.8 Å². The van der Waals surface area contributed by atoms with Crippen molar-refractivity contribution in [1.82, 2.24) is 4.90 Å². The van der Waals surface area contributed by atoms with Crippen molar-refractivity contribution in [1.29, 1.82) is 0 Å². The molecule has 0 spiro atoms. The molecule has 2 fully saturated rings. The van der Waals surface area contributed by atoms with Crippen molar-refractivity contribution in [2.75, 3.05) is 30.9 Å². The molecule has 3 amide bonds. The Labute approximate surface area is 156 Å². The van der Waals surface area contributed by atoms with E-state index in [9.17, 15) is 14.4 Å². The zero-order valence-corrected chi connectivity index (χ0v) is 15.4. The Hall–Kier alpha value is -2.34. The molecule has 1 aliphatic heterocycles. The molecule has 2 bridgehead atoms. The fourth-order valence-corrected chi connectivity index (χ4v) is 4.62. The van der Waals surface area contributed by atoms with Gasteiger partial charge in [0.25, 0.3) is 0 Å². The van der Waals surface area contributed by atoms with E-state index < -0.39 is 5.91 Å². The number of hydrogen-bond donors (Lipinski definition) is 1. The molecular weight excluding hydrogens is 354 g/mol. The summed E-state index contributed by atoms with van der Waals surface area (Å²) in [7, 11) is 3.72. The van der Waals surface area contributed by atoms with E-state index >= 15 is 0 Å². The van der Waals surface area contributed by atoms with Gasteiger partial charge in [-0.2, -0.15) is 0 Å². The number of halogens is 1. The minimum atomic E-state index is -0.405. The number of amides is 3. The lowest BCUT2D eigenvalue weighted by Gasteiger charge is -2.20. The molecule has 1 heterocycles. The van der Waals surface area contributed by atoms with Crippen LogP contribution in [-0.2, 0) is 14.4 Å². The van der Waals surface area contributed by atoms with Gasteiger partial charge in [-0.3, -0.25) is 19.3 Å². The molecule has 0 radical (unpaired) electrons. The maximum absolute atomic E-state index is 12.7. The summed E-state index contributed by atoms with van der Waals surface area (Å²) in [6, 6.07) is 5.20. The predicted octanol–water partition coefficient (Wildman–Crippen LogP) is 2.15. The number of rotatable bonds is 4. The van der Waals surface area contributed by atoms with Crippen LogP contribution in [0.15, 0.2) is 30.4 Å². The van der Waals surface area contributed by atoms with Gasteiger partial charge in [0.15, 0.2) is 0 Å². The Balaban J connectivity index is 1.49. The van der Waals surface area contributed by atoms with Crippen LogP contribution in [0.4, 0.5) is 11.4 Å². The van der Waals surface area contributed by atoms with Crippen molar-refractivity contribution in [3.63, 3.8) is 0 Å². The lowest BCUT2D eigenvalue weighted by atomic mass is 9.85. The molecule has 136 valence electrons. The molecule has 6 nitrogen and oxygen atoms in total. The molecule has 7 heteroatoms. The first-order chi connectivity index (χ1) is 12.4. The fourth-order valence-electron chi connectivity index (χ4n) is 4.45. The molecule has 26 heavy (non-hydrogen) atoms. The van der Waals surface area contributed by atoms with Crippen LogP contribution in [0.3, 0.4) is 0 Å². The van der Waals surface area contributed by atoms with Gasteiger partial charge >= 0.3 is 0 Å². The second kappa shape index (κ2) is 6.13. The number of likely N-dealkylation sites (tertiary alicyclic amines) is 1. The van der Waals surface area contributed by atoms with Crippen molar-refractivity contribution in [3.8, 4) is 0 Å². The van der Waals surface area contributed by atoms with Gasteiger partial charge in [0.05, 0.1) is 23.2 Å². The average molecular weight is 374 g/mol. The summed E-state index contributed by atoms with van der Waals surface area (Å²) in [6.07, 6.45) is 4.95. The smallest absolute Gasteiger partial charge is 0.244 e. The number of allylic oxidation sites excluding steroid dienone is 2. The van der Waals surface area contributed by atoms with Crippen molar-refractivity contribution >= 4 is 40.7 Å². The minimum Gasteiger partial charge on any atom is -0.376 e. The van der Waals surface area contributed by atoms with E-state index in [0.29, 0.717) is 10.7 Å². The third-order valence-electron chi connectivity index (χ3n) is 5.58. The van der Waals surface area contributed by atoms with Crippen molar-refractivity contribution in [3.05, 3.63) is 35.4 Å². The quantitative estimate of drug-likeness (QED) is 0.648. The monoisotopic (exact) mass is 373 g/mol. The van der Waals surface area contributed by atoms with E-state index in [1.54, 1.807) is 18.2 Å². The zero-order valence-electron chi connectivity index (χ0n) is 14.6. The van der Waals surface area contributed by atoms with Crippen LogP contribution >= 0.6 is 11.6 Å². The molecule has 0 aromatic heterocycles. The summed E-state index contributed by atoms with van der Waals surface area (Å²) in [5.41, 5.74) is 1.34. The van der Waals surface area contributed by atoms with Crippen molar-refractivity contribution in [2.24, 2.45) is 23.7 Å². The van der Waals surface area contributed by atoms with Gasteiger partial charge in [0.1, 0.15) is 6.54 Å². The molecule has 1 aromatic carbocycles. The van der Waals surface area contributed by atoms with Crippen LogP contribution in [0.25, 0.3) is 0 Å². The van der Waals surface area contributed by atoms with Gasteiger partial charge in [-0.15, -0.1) is 0 Å². The summed E-state index contributed by atoms with van der Waals surface area (Å²) in [6.45, 7) is -0.260. The lowest BCUT2D eigenvalue weighted by Crippen LogP contribution is -2.39. The summed E-state index contributed by atoms with van der Waals surface area (Å²) in [5.74, 6) is -1.12. The van der Waals surface area contributed by atoms with Crippen LogP contribution in [0.1, 0.15) is 6.42 Å². The first kappa shape index (κ1) is 17.1. The predicted molar refractivity (Wildman–Crippen MR) is 98.8 cm³/mol. The molecule has 1 aromatic rings. The van der Waals surface area contributed by atoms with E-state index in [0.717, 1.165) is 17.0 Å². The molecule has 4 atom stereocenters. The highest BCUT2D eigenvalue weighted by molar-refractivity contribution is 6.31. The molecule has 3 aliphatic rings. The Bertz CT molecular complexity index is 805. The number of fused-ring (bicyclic) bond motifs is 5. The SMILES string of the molecule is CN(C)c1ccc(Cl)cc1NC(=O)CN1C(=O)C2C3C=CC(C3)C2C1=O. The second-order valence-corrected chi connectivity index (χ2v) is 7.80. The number of hydrogen-bond acceptors (Lipinski definition) is 4. The summed E-state index contributed by atoms with van der Waals surface area (Å²) in [4.78, 5) is 40.8. The van der Waals surface area contributed by atoms with Crippen LogP contribution in [-0.4, -0.2) is 43.3 Å². The molecule has 1 N–H and O–H groups in total.